The molecule has 1 heterocycles. The van der Waals surface area contributed by atoms with Gasteiger partial charge in [0.15, 0.2) is 5.82 Å². The molecule has 5 nitrogen and oxygen atoms in total. The summed E-state index contributed by atoms with van der Waals surface area (Å²) < 4.78 is 10.9. The molecule has 1 aromatic heterocycles. The van der Waals surface area contributed by atoms with Crippen LogP contribution in [0.2, 0.25) is 0 Å². The SMILES string of the molecule is CCc1cccc(OCCSc2n[nH]c(-c3ccc(OC)cc3)n2)c1. The lowest BCUT2D eigenvalue weighted by Gasteiger charge is -2.06. The Morgan fingerprint density at radius 3 is 2.68 bits per heavy atom. The van der Waals surface area contributed by atoms with Gasteiger partial charge in [-0.2, -0.15) is 0 Å². The smallest absolute Gasteiger partial charge is 0.208 e. The van der Waals surface area contributed by atoms with E-state index in [0.717, 1.165) is 40.2 Å². The van der Waals surface area contributed by atoms with Crippen LogP contribution < -0.4 is 9.47 Å². The number of ether oxygens (including phenoxy) is 2. The maximum absolute atomic E-state index is 5.79. The molecule has 0 fully saturated rings. The second kappa shape index (κ2) is 8.58. The fourth-order valence-corrected chi connectivity index (χ4v) is 2.95. The lowest BCUT2D eigenvalue weighted by atomic mass is 10.2. The molecule has 0 aliphatic heterocycles. The van der Waals surface area contributed by atoms with Crippen molar-refractivity contribution in [2.24, 2.45) is 0 Å². The zero-order valence-corrected chi connectivity index (χ0v) is 15.2. The predicted molar refractivity (Wildman–Crippen MR) is 100 cm³/mol. The standard InChI is InChI=1S/C19H21N3O2S/c1-3-14-5-4-6-17(13-14)24-11-12-25-19-20-18(21-22-19)15-7-9-16(23-2)10-8-15/h4-10,13H,3,11-12H2,1-2H3,(H,20,21,22). The number of hydrogen-bond donors (Lipinski definition) is 1. The monoisotopic (exact) mass is 355 g/mol. The van der Waals surface area contributed by atoms with Crippen LogP contribution in [0.25, 0.3) is 11.4 Å². The van der Waals surface area contributed by atoms with Gasteiger partial charge in [-0.1, -0.05) is 30.8 Å². The minimum atomic E-state index is 0.615. The number of nitrogens with zero attached hydrogens (tertiary/aromatic N) is 2. The second-order valence-corrected chi connectivity index (χ2v) is 6.46. The van der Waals surface area contributed by atoms with Gasteiger partial charge in [-0.25, -0.2) is 4.98 Å². The molecule has 130 valence electrons. The minimum Gasteiger partial charge on any atom is -0.497 e. The van der Waals surface area contributed by atoms with Gasteiger partial charge in [0, 0.05) is 11.3 Å². The van der Waals surface area contributed by atoms with Gasteiger partial charge in [0.25, 0.3) is 0 Å². The summed E-state index contributed by atoms with van der Waals surface area (Å²) in [7, 11) is 1.65. The molecule has 1 N–H and O–H groups in total. The summed E-state index contributed by atoms with van der Waals surface area (Å²) in [5.41, 5.74) is 2.26. The van der Waals surface area contributed by atoms with Crippen molar-refractivity contribution < 1.29 is 9.47 Å². The van der Waals surface area contributed by atoms with Crippen molar-refractivity contribution in [3.8, 4) is 22.9 Å². The minimum absolute atomic E-state index is 0.615. The van der Waals surface area contributed by atoms with Crippen LogP contribution in [0.3, 0.4) is 0 Å². The highest BCUT2D eigenvalue weighted by atomic mass is 32.2. The van der Waals surface area contributed by atoms with E-state index in [2.05, 4.69) is 34.2 Å². The zero-order chi connectivity index (χ0) is 17.5. The Hall–Kier alpha value is -2.47. The maximum Gasteiger partial charge on any atom is 0.208 e. The van der Waals surface area contributed by atoms with Crippen LogP contribution in [0.5, 0.6) is 11.5 Å². The van der Waals surface area contributed by atoms with E-state index in [1.165, 1.54) is 5.56 Å². The van der Waals surface area contributed by atoms with E-state index in [0.29, 0.717) is 6.61 Å². The molecule has 0 amide bonds. The van der Waals surface area contributed by atoms with Crippen molar-refractivity contribution in [3.63, 3.8) is 0 Å². The van der Waals surface area contributed by atoms with Gasteiger partial charge in [-0.15, -0.1) is 5.10 Å². The number of rotatable bonds is 8. The van der Waals surface area contributed by atoms with Crippen LogP contribution in [-0.2, 0) is 6.42 Å². The number of hydrogen-bond acceptors (Lipinski definition) is 5. The number of benzene rings is 2. The number of thioether (sulfide) groups is 1. The molecule has 0 aliphatic rings. The first-order valence-electron chi connectivity index (χ1n) is 8.20. The lowest BCUT2D eigenvalue weighted by molar-refractivity contribution is 0.343. The van der Waals surface area contributed by atoms with E-state index in [9.17, 15) is 0 Å². The molecule has 0 spiro atoms. The molecule has 0 unspecified atom stereocenters. The Morgan fingerprint density at radius 2 is 1.92 bits per heavy atom. The quantitative estimate of drug-likeness (QED) is 0.484. The fourth-order valence-electron chi connectivity index (χ4n) is 2.34. The average molecular weight is 355 g/mol. The van der Waals surface area contributed by atoms with Crippen LogP contribution in [0, 0.1) is 0 Å². The van der Waals surface area contributed by atoms with Gasteiger partial charge < -0.3 is 9.47 Å². The Balaban J connectivity index is 1.49. The van der Waals surface area contributed by atoms with Gasteiger partial charge in [-0.05, 0) is 48.4 Å². The summed E-state index contributed by atoms with van der Waals surface area (Å²) in [4.78, 5) is 4.51. The number of aromatic amines is 1. The molecular formula is C19H21N3O2S. The van der Waals surface area contributed by atoms with Crippen molar-refractivity contribution >= 4 is 11.8 Å². The average Bonchev–Trinajstić information content (AvgIpc) is 3.14. The highest BCUT2D eigenvalue weighted by Crippen LogP contribution is 2.22. The van der Waals surface area contributed by atoms with E-state index < -0.39 is 0 Å². The number of nitrogens with one attached hydrogen (secondary N) is 1. The summed E-state index contributed by atoms with van der Waals surface area (Å²) in [5, 5.41) is 7.94. The molecular weight excluding hydrogens is 334 g/mol. The highest BCUT2D eigenvalue weighted by Gasteiger charge is 2.06. The van der Waals surface area contributed by atoms with E-state index in [-0.39, 0.29) is 0 Å². The summed E-state index contributed by atoms with van der Waals surface area (Å²) in [6, 6.07) is 15.9. The van der Waals surface area contributed by atoms with E-state index >= 15 is 0 Å². The molecule has 2 aromatic carbocycles. The molecule has 0 atom stereocenters. The normalized spacial score (nSPS) is 10.6. The van der Waals surface area contributed by atoms with E-state index in [1.807, 2.05) is 36.4 Å². The lowest BCUT2D eigenvalue weighted by Crippen LogP contribution is -2.00. The number of aryl methyl sites for hydroxylation is 1. The van der Waals surface area contributed by atoms with Gasteiger partial charge >= 0.3 is 0 Å². The van der Waals surface area contributed by atoms with Gasteiger partial charge in [0.05, 0.1) is 13.7 Å². The molecule has 0 saturated heterocycles. The van der Waals surface area contributed by atoms with Crippen molar-refractivity contribution in [1.82, 2.24) is 15.2 Å². The Kier molecular flexibility index (Phi) is 5.95. The third kappa shape index (κ3) is 4.76. The Morgan fingerprint density at radius 1 is 1.08 bits per heavy atom. The van der Waals surface area contributed by atoms with Crippen LogP contribution in [0.15, 0.2) is 53.7 Å². The van der Waals surface area contributed by atoms with Crippen molar-refractivity contribution in [2.45, 2.75) is 18.5 Å². The zero-order valence-electron chi connectivity index (χ0n) is 14.4. The van der Waals surface area contributed by atoms with Crippen LogP contribution >= 0.6 is 11.8 Å². The second-order valence-electron chi connectivity index (χ2n) is 5.39. The molecule has 3 aromatic rings. The third-order valence-electron chi connectivity index (χ3n) is 3.72. The number of methoxy groups -OCH3 is 1. The van der Waals surface area contributed by atoms with Crippen molar-refractivity contribution in [3.05, 3.63) is 54.1 Å². The van der Waals surface area contributed by atoms with Crippen molar-refractivity contribution in [2.75, 3.05) is 19.5 Å². The largest absolute Gasteiger partial charge is 0.497 e. The van der Waals surface area contributed by atoms with Gasteiger partial charge in [0.2, 0.25) is 5.16 Å². The van der Waals surface area contributed by atoms with E-state index in [4.69, 9.17) is 9.47 Å². The molecule has 25 heavy (non-hydrogen) atoms. The summed E-state index contributed by atoms with van der Waals surface area (Å²) >= 11 is 1.57. The first-order valence-corrected chi connectivity index (χ1v) is 9.18. The summed E-state index contributed by atoms with van der Waals surface area (Å²) in [6.45, 7) is 2.75. The topological polar surface area (TPSA) is 60.0 Å². The third-order valence-corrected chi connectivity index (χ3v) is 4.53. The van der Waals surface area contributed by atoms with Crippen LogP contribution in [0.4, 0.5) is 0 Å². The van der Waals surface area contributed by atoms with Gasteiger partial charge in [0.1, 0.15) is 11.5 Å². The van der Waals surface area contributed by atoms with Gasteiger partial charge in [-0.3, -0.25) is 5.10 Å². The van der Waals surface area contributed by atoms with Crippen molar-refractivity contribution in [1.29, 1.82) is 0 Å². The molecule has 3 rings (SSSR count). The molecule has 0 saturated carbocycles. The number of H-pyrrole nitrogens is 1. The Labute approximate surface area is 151 Å². The number of aromatic nitrogens is 3. The summed E-state index contributed by atoms with van der Waals surface area (Å²) in [6.07, 6.45) is 1.01. The first kappa shape index (κ1) is 17.4. The maximum atomic E-state index is 5.79. The molecule has 0 radical (unpaired) electrons. The molecule has 6 heteroatoms. The molecule has 0 bridgehead atoms. The Bertz CT molecular complexity index is 802. The van der Waals surface area contributed by atoms with Crippen LogP contribution in [0.1, 0.15) is 12.5 Å². The highest BCUT2D eigenvalue weighted by molar-refractivity contribution is 7.99. The molecule has 0 aliphatic carbocycles. The first-order chi connectivity index (χ1) is 12.3. The predicted octanol–water partition coefficient (Wildman–Crippen LogP) is 4.21. The summed E-state index contributed by atoms with van der Waals surface area (Å²) in [5.74, 6) is 3.27. The van der Waals surface area contributed by atoms with E-state index in [1.54, 1.807) is 18.9 Å². The van der Waals surface area contributed by atoms with Crippen LogP contribution in [-0.4, -0.2) is 34.7 Å². The fraction of sp³-hybridized carbons (Fsp3) is 0.263.